The minimum Gasteiger partial charge on any atom is -0.497 e. The molecule has 0 aliphatic heterocycles. The standard InChI is InChI=1S/C21H27NO4/c1-21(2,3)17-8-6-7-9-19(17)26-14-20(23)22-13-15-12-16(24-4)10-11-18(15)25-5/h6-12H,13-14H2,1-5H3,(H,22,23). The average Bonchev–Trinajstić information content (AvgIpc) is 2.63. The molecule has 0 unspecified atom stereocenters. The third-order valence-electron chi connectivity index (χ3n) is 4.02. The van der Waals surface area contributed by atoms with E-state index < -0.39 is 0 Å². The predicted octanol–water partition coefficient (Wildman–Crippen LogP) is 3.70. The van der Waals surface area contributed by atoms with Crippen LogP contribution in [0, 0.1) is 0 Å². The number of para-hydroxylation sites is 1. The number of rotatable bonds is 7. The molecule has 2 rings (SSSR count). The number of ether oxygens (including phenoxy) is 3. The number of carbonyl (C=O) groups is 1. The first kappa shape index (κ1) is 19.6. The van der Waals surface area contributed by atoms with Gasteiger partial charge in [0.05, 0.1) is 14.2 Å². The monoisotopic (exact) mass is 357 g/mol. The van der Waals surface area contributed by atoms with Crippen LogP contribution in [0.4, 0.5) is 0 Å². The van der Waals surface area contributed by atoms with E-state index >= 15 is 0 Å². The average molecular weight is 357 g/mol. The van der Waals surface area contributed by atoms with E-state index in [0.717, 1.165) is 16.9 Å². The van der Waals surface area contributed by atoms with E-state index in [2.05, 4.69) is 26.1 Å². The van der Waals surface area contributed by atoms with Gasteiger partial charge in [-0.05, 0) is 35.2 Å². The number of amides is 1. The van der Waals surface area contributed by atoms with E-state index in [1.165, 1.54) is 0 Å². The van der Waals surface area contributed by atoms with Crippen LogP contribution in [-0.2, 0) is 16.8 Å². The van der Waals surface area contributed by atoms with Crippen molar-refractivity contribution in [2.75, 3.05) is 20.8 Å². The van der Waals surface area contributed by atoms with Gasteiger partial charge in [0.2, 0.25) is 0 Å². The maximum Gasteiger partial charge on any atom is 0.258 e. The van der Waals surface area contributed by atoms with Gasteiger partial charge in [-0.3, -0.25) is 4.79 Å². The van der Waals surface area contributed by atoms with Crippen LogP contribution in [-0.4, -0.2) is 26.7 Å². The fourth-order valence-corrected chi connectivity index (χ4v) is 2.62. The van der Waals surface area contributed by atoms with Gasteiger partial charge in [0.15, 0.2) is 6.61 Å². The van der Waals surface area contributed by atoms with Crippen LogP contribution in [0.15, 0.2) is 42.5 Å². The Morgan fingerprint density at radius 3 is 2.38 bits per heavy atom. The summed E-state index contributed by atoms with van der Waals surface area (Å²) < 4.78 is 16.3. The second kappa shape index (κ2) is 8.61. The highest BCUT2D eigenvalue weighted by atomic mass is 16.5. The molecule has 0 aromatic heterocycles. The highest BCUT2D eigenvalue weighted by Crippen LogP contribution is 2.30. The Morgan fingerprint density at radius 2 is 1.73 bits per heavy atom. The van der Waals surface area contributed by atoms with E-state index in [0.29, 0.717) is 18.0 Å². The lowest BCUT2D eigenvalue weighted by Crippen LogP contribution is -2.29. The lowest BCUT2D eigenvalue weighted by Gasteiger charge is -2.22. The van der Waals surface area contributed by atoms with Gasteiger partial charge < -0.3 is 19.5 Å². The molecule has 1 N–H and O–H groups in total. The predicted molar refractivity (Wildman–Crippen MR) is 102 cm³/mol. The summed E-state index contributed by atoms with van der Waals surface area (Å²) in [4.78, 5) is 12.2. The summed E-state index contributed by atoms with van der Waals surface area (Å²) in [6.45, 7) is 6.64. The van der Waals surface area contributed by atoms with Crippen molar-refractivity contribution in [1.82, 2.24) is 5.32 Å². The lowest BCUT2D eigenvalue weighted by atomic mass is 9.86. The van der Waals surface area contributed by atoms with Gasteiger partial charge >= 0.3 is 0 Å². The van der Waals surface area contributed by atoms with Gasteiger partial charge in [0, 0.05) is 12.1 Å². The SMILES string of the molecule is COc1ccc(OC)c(CNC(=O)COc2ccccc2C(C)(C)C)c1. The number of methoxy groups -OCH3 is 2. The van der Waals surface area contributed by atoms with E-state index in [-0.39, 0.29) is 17.9 Å². The van der Waals surface area contributed by atoms with Crippen LogP contribution in [0.25, 0.3) is 0 Å². The van der Waals surface area contributed by atoms with E-state index in [9.17, 15) is 4.79 Å². The molecule has 5 heteroatoms. The van der Waals surface area contributed by atoms with Crippen molar-refractivity contribution in [1.29, 1.82) is 0 Å². The summed E-state index contributed by atoms with van der Waals surface area (Å²) in [7, 11) is 3.20. The Morgan fingerprint density at radius 1 is 1.00 bits per heavy atom. The van der Waals surface area contributed by atoms with Crippen molar-refractivity contribution in [2.24, 2.45) is 0 Å². The normalized spacial score (nSPS) is 11.0. The molecular formula is C21H27NO4. The molecule has 2 aromatic carbocycles. The smallest absolute Gasteiger partial charge is 0.258 e. The number of carbonyl (C=O) groups excluding carboxylic acids is 1. The first-order valence-electron chi connectivity index (χ1n) is 8.55. The van der Waals surface area contributed by atoms with Crippen LogP contribution in [0.5, 0.6) is 17.2 Å². The van der Waals surface area contributed by atoms with Crippen molar-refractivity contribution >= 4 is 5.91 Å². The van der Waals surface area contributed by atoms with Crippen LogP contribution in [0.1, 0.15) is 31.9 Å². The quantitative estimate of drug-likeness (QED) is 0.821. The van der Waals surface area contributed by atoms with Crippen LogP contribution >= 0.6 is 0 Å². The molecule has 0 spiro atoms. The zero-order chi connectivity index (χ0) is 19.2. The molecule has 0 aliphatic carbocycles. The lowest BCUT2D eigenvalue weighted by molar-refractivity contribution is -0.123. The number of benzene rings is 2. The molecule has 0 fully saturated rings. The van der Waals surface area contributed by atoms with E-state index in [4.69, 9.17) is 14.2 Å². The molecule has 0 bridgehead atoms. The number of hydrogen-bond acceptors (Lipinski definition) is 4. The molecule has 26 heavy (non-hydrogen) atoms. The molecule has 5 nitrogen and oxygen atoms in total. The molecule has 0 radical (unpaired) electrons. The summed E-state index contributed by atoms with van der Waals surface area (Å²) >= 11 is 0. The van der Waals surface area contributed by atoms with Gasteiger partial charge in [-0.15, -0.1) is 0 Å². The zero-order valence-corrected chi connectivity index (χ0v) is 16.1. The Kier molecular flexibility index (Phi) is 6.50. The van der Waals surface area contributed by atoms with Gasteiger partial charge in [0.25, 0.3) is 5.91 Å². The second-order valence-corrected chi connectivity index (χ2v) is 6.99. The maximum atomic E-state index is 12.2. The Bertz CT molecular complexity index is 750. The Labute approximate surface area is 155 Å². The Hall–Kier alpha value is -2.69. The van der Waals surface area contributed by atoms with Crippen LogP contribution in [0.3, 0.4) is 0 Å². The first-order valence-corrected chi connectivity index (χ1v) is 8.55. The molecule has 1 amide bonds. The fraction of sp³-hybridized carbons (Fsp3) is 0.381. The van der Waals surface area contributed by atoms with Crippen molar-refractivity contribution in [3.05, 3.63) is 53.6 Å². The molecular weight excluding hydrogens is 330 g/mol. The Balaban J connectivity index is 1.97. The third kappa shape index (κ3) is 5.15. The first-order chi connectivity index (χ1) is 12.3. The summed E-state index contributed by atoms with van der Waals surface area (Å²) in [5.74, 6) is 1.95. The fourth-order valence-electron chi connectivity index (χ4n) is 2.62. The van der Waals surface area contributed by atoms with Gasteiger partial charge in [-0.25, -0.2) is 0 Å². The van der Waals surface area contributed by atoms with Gasteiger partial charge in [0.1, 0.15) is 17.2 Å². The van der Waals surface area contributed by atoms with Gasteiger partial charge in [-0.2, -0.15) is 0 Å². The molecule has 0 atom stereocenters. The van der Waals surface area contributed by atoms with E-state index in [1.54, 1.807) is 14.2 Å². The highest BCUT2D eigenvalue weighted by Gasteiger charge is 2.19. The maximum absolute atomic E-state index is 12.2. The van der Waals surface area contributed by atoms with Crippen molar-refractivity contribution in [3.8, 4) is 17.2 Å². The van der Waals surface area contributed by atoms with Crippen molar-refractivity contribution < 1.29 is 19.0 Å². The van der Waals surface area contributed by atoms with Gasteiger partial charge in [-0.1, -0.05) is 39.0 Å². The zero-order valence-electron chi connectivity index (χ0n) is 16.1. The summed E-state index contributed by atoms with van der Waals surface area (Å²) in [5.41, 5.74) is 1.86. The largest absolute Gasteiger partial charge is 0.497 e. The summed E-state index contributed by atoms with van der Waals surface area (Å²) in [6.07, 6.45) is 0. The topological polar surface area (TPSA) is 56.8 Å². The van der Waals surface area contributed by atoms with Crippen LogP contribution < -0.4 is 19.5 Å². The van der Waals surface area contributed by atoms with Crippen LogP contribution in [0.2, 0.25) is 0 Å². The minimum absolute atomic E-state index is 0.0423. The third-order valence-corrected chi connectivity index (χ3v) is 4.02. The minimum atomic E-state index is -0.196. The molecule has 0 saturated carbocycles. The molecule has 0 saturated heterocycles. The number of hydrogen-bond donors (Lipinski definition) is 1. The highest BCUT2D eigenvalue weighted by molar-refractivity contribution is 5.77. The second-order valence-electron chi connectivity index (χ2n) is 6.99. The van der Waals surface area contributed by atoms with Crippen molar-refractivity contribution in [3.63, 3.8) is 0 Å². The number of nitrogens with one attached hydrogen (secondary N) is 1. The molecule has 0 aliphatic rings. The summed E-state index contributed by atoms with van der Waals surface area (Å²) in [6, 6.07) is 13.3. The molecule has 0 heterocycles. The molecule has 2 aromatic rings. The molecule has 140 valence electrons. The van der Waals surface area contributed by atoms with Crippen molar-refractivity contribution in [2.45, 2.75) is 32.7 Å². The summed E-state index contributed by atoms with van der Waals surface area (Å²) in [5, 5.41) is 2.85. The van der Waals surface area contributed by atoms with E-state index in [1.807, 2.05) is 42.5 Å².